The van der Waals surface area contributed by atoms with Gasteiger partial charge in [-0.3, -0.25) is 9.12 Å². The number of halogens is 1. The van der Waals surface area contributed by atoms with E-state index in [2.05, 4.69) is 14.7 Å². The second-order valence-corrected chi connectivity index (χ2v) is 8.16. The summed E-state index contributed by atoms with van der Waals surface area (Å²) in [4.78, 5) is 8.83. The van der Waals surface area contributed by atoms with Crippen LogP contribution < -0.4 is 4.72 Å². The molecule has 1 N–H and O–H groups in total. The Morgan fingerprint density at radius 1 is 1.11 bits per heavy atom. The molecule has 8 heteroatoms. The van der Waals surface area contributed by atoms with Crippen LogP contribution in [0.2, 0.25) is 5.02 Å². The molecular formula is C19H15ClN4O2S. The molecule has 0 bridgehead atoms. The molecule has 0 aliphatic carbocycles. The monoisotopic (exact) mass is 398 g/mol. The van der Waals surface area contributed by atoms with Crippen molar-refractivity contribution in [3.63, 3.8) is 0 Å². The summed E-state index contributed by atoms with van der Waals surface area (Å²) in [5.74, 6) is 0.580. The van der Waals surface area contributed by atoms with Crippen LogP contribution in [0.25, 0.3) is 17.0 Å². The molecule has 136 valence electrons. The van der Waals surface area contributed by atoms with Gasteiger partial charge in [0.15, 0.2) is 0 Å². The lowest BCUT2D eigenvalue weighted by Crippen LogP contribution is -2.13. The second-order valence-electron chi connectivity index (χ2n) is 6.04. The van der Waals surface area contributed by atoms with Gasteiger partial charge < -0.3 is 0 Å². The van der Waals surface area contributed by atoms with E-state index in [9.17, 15) is 8.42 Å². The van der Waals surface area contributed by atoms with Gasteiger partial charge in [-0.1, -0.05) is 23.7 Å². The van der Waals surface area contributed by atoms with Gasteiger partial charge in [0.1, 0.15) is 0 Å². The number of rotatable bonds is 4. The van der Waals surface area contributed by atoms with Crippen molar-refractivity contribution in [3.05, 3.63) is 77.7 Å². The third kappa shape index (κ3) is 3.51. The molecule has 27 heavy (non-hydrogen) atoms. The largest absolute Gasteiger partial charge is 0.291 e. The van der Waals surface area contributed by atoms with Gasteiger partial charge in [0.05, 0.1) is 16.3 Å². The van der Waals surface area contributed by atoms with E-state index >= 15 is 0 Å². The first-order valence-corrected chi connectivity index (χ1v) is 9.98. The number of hydrogen-bond acceptors (Lipinski definition) is 4. The molecule has 0 amide bonds. The Morgan fingerprint density at radius 3 is 2.63 bits per heavy atom. The summed E-state index contributed by atoms with van der Waals surface area (Å²) in [6.07, 6.45) is 5.38. The van der Waals surface area contributed by atoms with E-state index in [0.717, 1.165) is 11.1 Å². The Labute approximate surface area is 161 Å². The molecule has 0 unspecified atom stereocenters. The molecule has 0 radical (unpaired) electrons. The fraction of sp³-hybridized carbons (Fsp3) is 0.0526. The number of hydrogen-bond donors (Lipinski definition) is 1. The van der Waals surface area contributed by atoms with E-state index in [4.69, 9.17) is 11.6 Å². The number of anilines is 1. The predicted octanol–water partition coefficient (Wildman–Crippen LogP) is 4.16. The van der Waals surface area contributed by atoms with Gasteiger partial charge in [0.2, 0.25) is 5.78 Å². The van der Waals surface area contributed by atoms with Crippen LogP contribution in [-0.2, 0) is 10.0 Å². The van der Waals surface area contributed by atoms with Crippen molar-refractivity contribution >= 4 is 33.1 Å². The molecule has 0 saturated heterocycles. The number of imidazole rings is 1. The van der Waals surface area contributed by atoms with Crippen molar-refractivity contribution in [2.24, 2.45) is 0 Å². The highest BCUT2D eigenvalue weighted by Crippen LogP contribution is 2.27. The van der Waals surface area contributed by atoms with Gasteiger partial charge >= 0.3 is 0 Å². The van der Waals surface area contributed by atoms with Crippen LogP contribution in [-0.4, -0.2) is 22.8 Å². The Hall–Kier alpha value is -2.90. The van der Waals surface area contributed by atoms with Crippen molar-refractivity contribution in [2.75, 3.05) is 4.72 Å². The van der Waals surface area contributed by atoms with Gasteiger partial charge in [-0.15, -0.1) is 0 Å². The average molecular weight is 399 g/mol. The smallest absolute Gasteiger partial charge is 0.261 e. The zero-order valence-electron chi connectivity index (χ0n) is 14.3. The van der Waals surface area contributed by atoms with Crippen LogP contribution in [0.15, 0.2) is 72.0 Å². The lowest BCUT2D eigenvalue weighted by atomic mass is 10.1. The van der Waals surface area contributed by atoms with Crippen LogP contribution >= 0.6 is 11.6 Å². The number of fused-ring (bicyclic) bond motifs is 1. The summed E-state index contributed by atoms with van der Waals surface area (Å²) in [6.45, 7) is 1.84. The zero-order chi connectivity index (χ0) is 19.0. The van der Waals surface area contributed by atoms with Crippen LogP contribution in [0.1, 0.15) is 5.56 Å². The minimum absolute atomic E-state index is 0.147. The first kappa shape index (κ1) is 17.5. The van der Waals surface area contributed by atoms with Crippen LogP contribution in [0.5, 0.6) is 0 Å². The maximum atomic E-state index is 12.7. The van der Waals surface area contributed by atoms with Crippen molar-refractivity contribution in [1.29, 1.82) is 0 Å². The zero-order valence-corrected chi connectivity index (χ0v) is 15.9. The number of sulfonamides is 1. The fourth-order valence-corrected chi connectivity index (χ4v) is 3.93. The highest BCUT2D eigenvalue weighted by Gasteiger charge is 2.16. The van der Waals surface area contributed by atoms with Gasteiger partial charge in [-0.25, -0.2) is 18.4 Å². The highest BCUT2D eigenvalue weighted by atomic mass is 35.5. The molecule has 0 spiro atoms. The first-order valence-electron chi connectivity index (χ1n) is 8.11. The molecule has 0 aliphatic rings. The molecule has 2 aromatic heterocycles. The molecule has 0 fully saturated rings. The summed E-state index contributed by atoms with van der Waals surface area (Å²) in [6, 6.07) is 13.4. The maximum absolute atomic E-state index is 12.7. The van der Waals surface area contributed by atoms with Crippen LogP contribution in [0.4, 0.5) is 5.69 Å². The third-order valence-corrected chi connectivity index (χ3v) is 5.77. The summed E-state index contributed by atoms with van der Waals surface area (Å²) in [5, 5.41) is 0.479. The second kappa shape index (κ2) is 6.68. The van der Waals surface area contributed by atoms with Crippen LogP contribution in [0, 0.1) is 6.92 Å². The third-order valence-electron chi connectivity index (χ3n) is 4.14. The number of nitrogens with one attached hydrogen (secondary N) is 1. The van der Waals surface area contributed by atoms with E-state index in [1.165, 1.54) is 12.1 Å². The van der Waals surface area contributed by atoms with Gasteiger partial charge in [0, 0.05) is 29.2 Å². The summed E-state index contributed by atoms with van der Waals surface area (Å²) >= 11 is 5.84. The van der Waals surface area contributed by atoms with E-state index in [1.54, 1.807) is 24.4 Å². The first-order chi connectivity index (χ1) is 12.9. The molecule has 6 nitrogen and oxygen atoms in total. The Kier molecular flexibility index (Phi) is 4.33. The number of benzene rings is 2. The number of aromatic nitrogens is 3. The number of aryl methyl sites for hydroxylation is 1. The topological polar surface area (TPSA) is 76.4 Å². The van der Waals surface area contributed by atoms with Gasteiger partial charge in [0.25, 0.3) is 10.0 Å². The average Bonchev–Trinajstić information content (AvgIpc) is 3.08. The van der Waals surface area contributed by atoms with Crippen molar-refractivity contribution in [2.45, 2.75) is 11.8 Å². The van der Waals surface area contributed by atoms with Gasteiger partial charge in [-0.05, 0) is 48.9 Å². The Bertz CT molecular complexity index is 1200. The SMILES string of the molecule is Cc1ccc(-c2cn3cccnc3n2)cc1NS(=O)(=O)c1ccc(Cl)cc1. The lowest BCUT2D eigenvalue weighted by molar-refractivity contribution is 0.601. The standard InChI is InChI=1S/C19H15ClN4O2S/c1-13-3-4-14(18-12-24-10-2-9-21-19(24)22-18)11-17(13)23-27(25,26)16-7-5-15(20)6-8-16/h2-12,23H,1H3. The van der Waals surface area contributed by atoms with E-state index in [1.807, 2.05) is 41.9 Å². The summed E-state index contributed by atoms with van der Waals surface area (Å²) in [5.41, 5.74) is 2.80. The predicted molar refractivity (Wildman–Crippen MR) is 105 cm³/mol. The Balaban J connectivity index is 1.71. The van der Waals surface area contributed by atoms with Crippen LogP contribution in [0.3, 0.4) is 0 Å². The van der Waals surface area contributed by atoms with E-state index < -0.39 is 10.0 Å². The molecule has 2 aromatic carbocycles. The van der Waals surface area contributed by atoms with Crippen molar-refractivity contribution < 1.29 is 8.42 Å². The molecular weight excluding hydrogens is 384 g/mol. The molecule has 0 aliphatic heterocycles. The van der Waals surface area contributed by atoms with E-state index in [-0.39, 0.29) is 4.90 Å². The quantitative estimate of drug-likeness (QED) is 0.560. The maximum Gasteiger partial charge on any atom is 0.261 e. The molecule has 0 atom stereocenters. The molecule has 4 rings (SSSR count). The number of nitrogens with zero attached hydrogens (tertiary/aromatic N) is 3. The minimum Gasteiger partial charge on any atom is -0.291 e. The molecule has 0 saturated carbocycles. The summed E-state index contributed by atoms with van der Waals surface area (Å²) in [7, 11) is -3.72. The highest BCUT2D eigenvalue weighted by molar-refractivity contribution is 7.92. The van der Waals surface area contributed by atoms with E-state index in [0.29, 0.717) is 22.2 Å². The van der Waals surface area contributed by atoms with Crippen molar-refractivity contribution in [3.8, 4) is 11.3 Å². The van der Waals surface area contributed by atoms with Gasteiger partial charge in [-0.2, -0.15) is 0 Å². The molecule has 2 heterocycles. The lowest BCUT2D eigenvalue weighted by Gasteiger charge is -2.12. The minimum atomic E-state index is -3.72. The molecule has 4 aromatic rings. The summed E-state index contributed by atoms with van der Waals surface area (Å²) < 4.78 is 29.8. The Morgan fingerprint density at radius 2 is 1.89 bits per heavy atom. The normalized spacial score (nSPS) is 11.6. The fourth-order valence-electron chi connectivity index (χ4n) is 2.68. The van der Waals surface area contributed by atoms with Crippen molar-refractivity contribution in [1.82, 2.24) is 14.4 Å².